The Balaban J connectivity index is 4.35. The molecule has 15 heavy (non-hydrogen) atoms. The van der Waals surface area contributed by atoms with E-state index in [9.17, 15) is 14.7 Å². The number of hydrazine groups is 1. The Morgan fingerprint density at radius 1 is 1.40 bits per heavy atom. The second-order valence-corrected chi connectivity index (χ2v) is 3.51. The number of urea groups is 1. The highest BCUT2D eigenvalue weighted by Gasteiger charge is 2.20. The van der Waals surface area contributed by atoms with Gasteiger partial charge in [-0.3, -0.25) is 5.01 Å². The van der Waals surface area contributed by atoms with E-state index in [1.807, 2.05) is 0 Å². The maximum atomic E-state index is 11.4. The quantitative estimate of drug-likeness (QED) is 0.599. The topological polar surface area (TPSA) is 75.7 Å². The second-order valence-electron chi connectivity index (χ2n) is 3.51. The van der Waals surface area contributed by atoms with Crippen molar-refractivity contribution in [2.45, 2.75) is 25.8 Å². The summed E-state index contributed by atoms with van der Waals surface area (Å²) in [6.45, 7) is 1.79. The third-order valence-electron chi connectivity index (χ3n) is 2.04. The fourth-order valence-electron chi connectivity index (χ4n) is 1.34. The molecule has 0 spiro atoms. The smallest absolute Gasteiger partial charge is 0.331 e. The zero-order chi connectivity index (χ0) is 12.0. The summed E-state index contributed by atoms with van der Waals surface area (Å²) in [6, 6.07) is -0.441. The number of carboxylic acids is 1. The minimum atomic E-state index is -1.10. The van der Waals surface area contributed by atoms with E-state index >= 15 is 0 Å². The summed E-state index contributed by atoms with van der Waals surface area (Å²) in [5.41, 5.74) is 0. The lowest BCUT2D eigenvalue weighted by atomic mass is 10.2. The van der Waals surface area contributed by atoms with Crippen LogP contribution in [0.15, 0.2) is 0 Å². The number of carboxylic acid groups (broad SMARTS) is 1. The third-order valence-corrected chi connectivity index (χ3v) is 2.04. The van der Waals surface area contributed by atoms with Crippen LogP contribution in [-0.4, -0.2) is 49.2 Å². The van der Waals surface area contributed by atoms with Crippen LogP contribution in [0.1, 0.15) is 19.8 Å². The van der Waals surface area contributed by atoms with E-state index in [0.29, 0.717) is 6.42 Å². The van der Waals surface area contributed by atoms with Gasteiger partial charge in [0.05, 0.1) is 0 Å². The monoisotopic (exact) mass is 216 g/mol. The van der Waals surface area contributed by atoms with Crippen LogP contribution < -0.4 is 10.4 Å². The number of carbonyl (C=O) groups is 2. The Hall–Kier alpha value is -1.30. The van der Waals surface area contributed by atoms with Gasteiger partial charge in [0.25, 0.3) is 0 Å². The van der Waals surface area contributed by atoms with E-state index in [-0.39, 0.29) is 18.5 Å². The molecule has 1 unspecified atom stereocenters. The maximum absolute atomic E-state index is 11.4. The molecule has 0 aliphatic carbocycles. The van der Waals surface area contributed by atoms with Crippen molar-refractivity contribution in [3.8, 4) is 0 Å². The van der Waals surface area contributed by atoms with Crippen molar-refractivity contribution in [2.75, 3.05) is 21.1 Å². The van der Waals surface area contributed by atoms with Crippen LogP contribution in [0.4, 0.5) is 4.79 Å². The summed E-state index contributed by atoms with van der Waals surface area (Å²) in [5.74, 6) is -1.10. The highest BCUT2D eigenvalue weighted by molar-refractivity contribution is 5.73. The van der Waals surface area contributed by atoms with Gasteiger partial charge in [0, 0.05) is 33.2 Å². The lowest BCUT2D eigenvalue weighted by Crippen LogP contribution is -2.51. The summed E-state index contributed by atoms with van der Waals surface area (Å²) < 4.78 is 0. The fraction of sp³-hybridized carbons (Fsp3) is 0.778. The second kappa shape index (κ2) is 6.23. The first-order valence-electron chi connectivity index (χ1n) is 4.78. The highest BCUT2D eigenvalue weighted by Crippen LogP contribution is 2.07. The standard InChI is InChI=1S/C9H19N3O3/c1-7(5-6-8(13)14)12(11(3)4)9(15)10-2/h7H,5-6H2,1-4H3,(H,10,15)(H,13,14)/p-1. The average Bonchev–Trinajstić information content (AvgIpc) is 2.14. The number of carbonyl (C=O) groups excluding carboxylic acids is 2. The SMILES string of the molecule is CNC(=O)N(C(C)CCC(=O)[O-])N(C)C. The molecule has 0 saturated heterocycles. The van der Waals surface area contributed by atoms with E-state index < -0.39 is 5.97 Å². The molecule has 6 nitrogen and oxygen atoms in total. The average molecular weight is 216 g/mol. The van der Waals surface area contributed by atoms with Crippen molar-refractivity contribution in [3.63, 3.8) is 0 Å². The van der Waals surface area contributed by atoms with Crippen LogP contribution in [0, 0.1) is 0 Å². The molecule has 6 heteroatoms. The fourth-order valence-corrected chi connectivity index (χ4v) is 1.34. The molecule has 0 heterocycles. The first-order valence-corrected chi connectivity index (χ1v) is 4.78. The number of nitrogens with zero attached hydrogens (tertiary/aromatic N) is 2. The molecular weight excluding hydrogens is 198 g/mol. The molecule has 1 N–H and O–H groups in total. The molecule has 0 aliphatic heterocycles. The molecule has 0 radical (unpaired) electrons. The predicted molar refractivity (Wildman–Crippen MR) is 53.7 cm³/mol. The van der Waals surface area contributed by atoms with Crippen LogP contribution in [-0.2, 0) is 4.79 Å². The van der Waals surface area contributed by atoms with E-state index in [0.717, 1.165) is 0 Å². The van der Waals surface area contributed by atoms with E-state index in [4.69, 9.17) is 0 Å². The Morgan fingerprint density at radius 2 is 1.93 bits per heavy atom. The van der Waals surface area contributed by atoms with Crippen molar-refractivity contribution in [1.82, 2.24) is 15.3 Å². The molecule has 0 aromatic heterocycles. The third kappa shape index (κ3) is 4.64. The van der Waals surface area contributed by atoms with Crippen LogP contribution in [0.3, 0.4) is 0 Å². The van der Waals surface area contributed by atoms with Gasteiger partial charge in [-0.2, -0.15) is 0 Å². The van der Waals surface area contributed by atoms with Gasteiger partial charge in [0.15, 0.2) is 0 Å². The summed E-state index contributed by atoms with van der Waals surface area (Å²) >= 11 is 0. The van der Waals surface area contributed by atoms with Gasteiger partial charge >= 0.3 is 6.03 Å². The normalized spacial score (nSPS) is 12.3. The molecule has 0 saturated carbocycles. The van der Waals surface area contributed by atoms with Crippen molar-refractivity contribution in [2.24, 2.45) is 0 Å². The van der Waals surface area contributed by atoms with Gasteiger partial charge in [-0.25, -0.2) is 9.80 Å². The largest absolute Gasteiger partial charge is 0.550 e. The van der Waals surface area contributed by atoms with Crippen LogP contribution in [0.5, 0.6) is 0 Å². The van der Waals surface area contributed by atoms with Crippen LogP contribution >= 0.6 is 0 Å². The minimum absolute atomic E-state index is 0.0531. The Morgan fingerprint density at radius 3 is 2.27 bits per heavy atom. The Bertz CT molecular complexity index is 231. The minimum Gasteiger partial charge on any atom is -0.550 e. The van der Waals surface area contributed by atoms with Crippen molar-refractivity contribution < 1.29 is 14.7 Å². The lowest BCUT2D eigenvalue weighted by Gasteiger charge is -2.34. The zero-order valence-corrected chi connectivity index (χ0v) is 9.61. The van der Waals surface area contributed by atoms with Gasteiger partial charge in [0.2, 0.25) is 0 Å². The first kappa shape index (κ1) is 13.7. The number of amides is 2. The molecule has 0 aromatic rings. The summed E-state index contributed by atoms with van der Waals surface area (Å²) in [6.07, 6.45) is 0.316. The van der Waals surface area contributed by atoms with E-state index in [1.165, 1.54) is 12.1 Å². The molecule has 0 bridgehead atoms. The predicted octanol–water partition coefficient (Wildman–Crippen LogP) is -0.977. The highest BCUT2D eigenvalue weighted by atomic mass is 16.4. The van der Waals surface area contributed by atoms with Gasteiger partial charge in [-0.05, 0) is 19.8 Å². The Kier molecular flexibility index (Phi) is 5.69. The van der Waals surface area contributed by atoms with E-state index in [1.54, 1.807) is 26.0 Å². The molecule has 0 aromatic carbocycles. The van der Waals surface area contributed by atoms with Gasteiger partial charge in [-0.1, -0.05) is 0 Å². The van der Waals surface area contributed by atoms with Gasteiger partial charge < -0.3 is 15.2 Å². The molecule has 2 amide bonds. The van der Waals surface area contributed by atoms with Crippen molar-refractivity contribution >= 4 is 12.0 Å². The summed E-state index contributed by atoms with van der Waals surface area (Å²) in [7, 11) is 4.99. The number of nitrogens with one attached hydrogen (secondary N) is 1. The molecule has 88 valence electrons. The maximum Gasteiger partial charge on any atom is 0.331 e. The van der Waals surface area contributed by atoms with Gasteiger partial charge in [0.1, 0.15) is 0 Å². The number of hydrogen-bond acceptors (Lipinski definition) is 4. The molecule has 1 atom stereocenters. The zero-order valence-electron chi connectivity index (χ0n) is 9.61. The number of aliphatic carboxylic acids is 1. The molecule has 0 fully saturated rings. The van der Waals surface area contributed by atoms with E-state index in [2.05, 4.69) is 5.32 Å². The van der Waals surface area contributed by atoms with Crippen LogP contribution in [0.25, 0.3) is 0 Å². The summed E-state index contributed by atoms with van der Waals surface area (Å²) in [5, 5.41) is 15.9. The molecule has 0 aliphatic rings. The lowest BCUT2D eigenvalue weighted by molar-refractivity contribution is -0.306. The number of rotatable bonds is 5. The molecular formula is C9H18N3O3-. The Labute approximate surface area is 89.8 Å². The van der Waals surface area contributed by atoms with Gasteiger partial charge in [-0.15, -0.1) is 0 Å². The first-order chi connectivity index (χ1) is 6.90. The van der Waals surface area contributed by atoms with Crippen molar-refractivity contribution in [1.29, 1.82) is 0 Å². The molecule has 0 rings (SSSR count). The van der Waals surface area contributed by atoms with Crippen molar-refractivity contribution in [3.05, 3.63) is 0 Å². The number of hydrogen-bond donors (Lipinski definition) is 1. The summed E-state index contributed by atoms with van der Waals surface area (Å²) in [4.78, 5) is 21.7. The van der Waals surface area contributed by atoms with Crippen LogP contribution in [0.2, 0.25) is 0 Å².